The predicted molar refractivity (Wildman–Crippen MR) is 66.3 cm³/mol. The lowest BCUT2D eigenvalue weighted by Crippen LogP contribution is -2.17. The first-order valence-electron chi connectivity index (χ1n) is 5.16. The zero-order chi connectivity index (χ0) is 11.3. The molecule has 1 aromatic heterocycles. The monoisotopic (exact) mass is 228 g/mol. The topological polar surface area (TPSA) is 42.4 Å². The molecule has 15 heavy (non-hydrogen) atoms. The highest BCUT2D eigenvalue weighted by atomic mass is 32.2. The lowest BCUT2D eigenvalue weighted by molar-refractivity contribution is 0.436. The Morgan fingerprint density at radius 3 is 2.67 bits per heavy atom. The second-order valence-corrected chi connectivity index (χ2v) is 5.16. The lowest BCUT2D eigenvalue weighted by Gasteiger charge is -2.14. The molecule has 0 saturated carbocycles. The minimum atomic E-state index is 0.290. The second-order valence-electron chi connectivity index (χ2n) is 3.85. The van der Waals surface area contributed by atoms with Crippen molar-refractivity contribution in [1.82, 2.24) is 4.90 Å². The van der Waals surface area contributed by atoms with Gasteiger partial charge in [-0.05, 0) is 33.2 Å². The molecule has 3 nitrogen and oxygen atoms in total. The van der Waals surface area contributed by atoms with Gasteiger partial charge in [-0.15, -0.1) is 11.8 Å². The number of aryl methyl sites for hydroxylation is 1. The molecule has 0 fully saturated rings. The number of rotatable bonds is 6. The maximum Gasteiger partial charge on any atom is 0.118 e. The van der Waals surface area contributed by atoms with Crippen LogP contribution < -0.4 is 5.73 Å². The van der Waals surface area contributed by atoms with Gasteiger partial charge < -0.3 is 15.1 Å². The summed E-state index contributed by atoms with van der Waals surface area (Å²) in [5.74, 6) is 3.03. The average molecular weight is 228 g/mol. The van der Waals surface area contributed by atoms with Crippen molar-refractivity contribution in [2.75, 3.05) is 32.9 Å². The van der Waals surface area contributed by atoms with Gasteiger partial charge in [-0.3, -0.25) is 0 Å². The van der Waals surface area contributed by atoms with Crippen LogP contribution >= 0.6 is 11.8 Å². The highest BCUT2D eigenvalue weighted by Crippen LogP contribution is 2.28. The van der Waals surface area contributed by atoms with Gasteiger partial charge in [-0.25, -0.2) is 0 Å². The van der Waals surface area contributed by atoms with Crippen LogP contribution in [0.3, 0.4) is 0 Å². The molecule has 1 aromatic rings. The van der Waals surface area contributed by atoms with Crippen LogP contribution in [0.5, 0.6) is 0 Å². The Morgan fingerprint density at radius 1 is 1.47 bits per heavy atom. The van der Waals surface area contributed by atoms with E-state index in [1.54, 1.807) is 0 Å². The highest BCUT2D eigenvalue weighted by molar-refractivity contribution is 7.99. The molecule has 1 rings (SSSR count). The molecule has 0 aliphatic heterocycles. The van der Waals surface area contributed by atoms with E-state index in [4.69, 9.17) is 10.2 Å². The second kappa shape index (κ2) is 6.20. The van der Waals surface area contributed by atoms with Crippen molar-refractivity contribution in [2.24, 2.45) is 5.73 Å². The SMILES string of the molecule is Cc1ccc(C(CN)SCCN(C)C)o1. The van der Waals surface area contributed by atoms with Crippen molar-refractivity contribution in [1.29, 1.82) is 0 Å². The molecule has 0 radical (unpaired) electrons. The molecule has 1 heterocycles. The molecule has 0 spiro atoms. The van der Waals surface area contributed by atoms with E-state index in [0.717, 1.165) is 23.8 Å². The summed E-state index contributed by atoms with van der Waals surface area (Å²) < 4.78 is 5.58. The summed E-state index contributed by atoms with van der Waals surface area (Å²) >= 11 is 1.86. The predicted octanol–water partition coefficient (Wildman–Crippen LogP) is 1.88. The molecule has 1 atom stereocenters. The number of thioether (sulfide) groups is 1. The van der Waals surface area contributed by atoms with Gasteiger partial charge in [0, 0.05) is 18.8 Å². The van der Waals surface area contributed by atoms with Crippen molar-refractivity contribution in [3.63, 3.8) is 0 Å². The molecule has 1 unspecified atom stereocenters. The highest BCUT2D eigenvalue weighted by Gasteiger charge is 2.13. The number of nitrogens with zero attached hydrogens (tertiary/aromatic N) is 1. The molecule has 0 aliphatic carbocycles. The van der Waals surface area contributed by atoms with E-state index >= 15 is 0 Å². The van der Waals surface area contributed by atoms with Gasteiger partial charge in [-0.2, -0.15) is 0 Å². The minimum absolute atomic E-state index is 0.290. The smallest absolute Gasteiger partial charge is 0.118 e. The Labute approximate surface area is 96.0 Å². The Kier molecular flexibility index (Phi) is 5.22. The number of hydrogen-bond donors (Lipinski definition) is 1. The maximum atomic E-state index is 5.74. The van der Waals surface area contributed by atoms with Crippen molar-refractivity contribution in [2.45, 2.75) is 12.2 Å². The molecule has 0 bridgehead atoms. The van der Waals surface area contributed by atoms with Gasteiger partial charge in [-0.1, -0.05) is 0 Å². The molecule has 86 valence electrons. The van der Waals surface area contributed by atoms with Crippen LogP contribution in [-0.2, 0) is 0 Å². The van der Waals surface area contributed by atoms with Crippen LogP contribution in [-0.4, -0.2) is 37.8 Å². The lowest BCUT2D eigenvalue weighted by atomic mass is 10.3. The summed E-state index contributed by atoms with van der Waals surface area (Å²) in [5.41, 5.74) is 5.74. The zero-order valence-corrected chi connectivity index (χ0v) is 10.5. The summed E-state index contributed by atoms with van der Waals surface area (Å²) in [6.45, 7) is 3.66. The first kappa shape index (κ1) is 12.6. The number of nitrogens with two attached hydrogens (primary N) is 1. The number of furan rings is 1. The van der Waals surface area contributed by atoms with Crippen molar-refractivity contribution < 1.29 is 4.42 Å². The number of hydrogen-bond acceptors (Lipinski definition) is 4. The van der Waals surface area contributed by atoms with E-state index in [1.165, 1.54) is 0 Å². The largest absolute Gasteiger partial charge is 0.465 e. The molecular formula is C11H20N2OS. The van der Waals surface area contributed by atoms with E-state index in [0.29, 0.717) is 11.8 Å². The minimum Gasteiger partial charge on any atom is -0.465 e. The molecule has 0 aromatic carbocycles. The van der Waals surface area contributed by atoms with Gasteiger partial charge in [0.05, 0.1) is 5.25 Å². The Morgan fingerprint density at radius 2 is 2.20 bits per heavy atom. The van der Waals surface area contributed by atoms with Gasteiger partial charge in [0.1, 0.15) is 11.5 Å². The van der Waals surface area contributed by atoms with Crippen LogP contribution in [0.25, 0.3) is 0 Å². The maximum absolute atomic E-state index is 5.74. The molecule has 0 amide bonds. The van der Waals surface area contributed by atoms with Gasteiger partial charge in [0.2, 0.25) is 0 Å². The normalized spacial score (nSPS) is 13.4. The average Bonchev–Trinajstić information content (AvgIpc) is 2.59. The fourth-order valence-corrected chi connectivity index (χ4v) is 2.45. The molecule has 4 heteroatoms. The van der Waals surface area contributed by atoms with Crippen LogP contribution in [0.2, 0.25) is 0 Å². The first-order chi connectivity index (χ1) is 7.13. The molecular weight excluding hydrogens is 208 g/mol. The Balaban J connectivity index is 2.42. The summed E-state index contributed by atoms with van der Waals surface area (Å²) in [4.78, 5) is 2.17. The fourth-order valence-electron chi connectivity index (χ4n) is 1.27. The summed E-state index contributed by atoms with van der Waals surface area (Å²) in [7, 11) is 4.16. The van der Waals surface area contributed by atoms with E-state index in [1.807, 2.05) is 30.8 Å². The van der Waals surface area contributed by atoms with Gasteiger partial charge >= 0.3 is 0 Å². The standard InChI is InChI=1S/C11H20N2OS/c1-9-4-5-10(14-9)11(8-12)15-7-6-13(2)3/h4-5,11H,6-8,12H2,1-3H3. The van der Waals surface area contributed by atoms with Crippen LogP contribution in [0, 0.1) is 6.92 Å². The van der Waals surface area contributed by atoms with E-state index in [2.05, 4.69) is 19.0 Å². The van der Waals surface area contributed by atoms with Crippen LogP contribution in [0.4, 0.5) is 0 Å². The zero-order valence-electron chi connectivity index (χ0n) is 9.69. The van der Waals surface area contributed by atoms with Crippen molar-refractivity contribution in [3.8, 4) is 0 Å². The van der Waals surface area contributed by atoms with Crippen molar-refractivity contribution in [3.05, 3.63) is 23.7 Å². The molecule has 2 N–H and O–H groups in total. The summed E-state index contributed by atoms with van der Waals surface area (Å²) in [6, 6.07) is 4.01. The van der Waals surface area contributed by atoms with E-state index in [-0.39, 0.29) is 0 Å². The summed E-state index contributed by atoms with van der Waals surface area (Å²) in [6.07, 6.45) is 0. The molecule has 0 saturated heterocycles. The van der Waals surface area contributed by atoms with Crippen LogP contribution in [0.15, 0.2) is 16.5 Å². The third-order valence-electron chi connectivity index (χ3n) is 2.15. The Hall–Kier alpha value is -0.450. The Bertz CT molecular complexity index is 286. The van der Waals surface area contributed by atoms with E-state index in [9.17, 15) is 0 Å². The third kappa shape index (κ3) is 4.28. The van der Waals surface area contributed by atoms with Crippen LogP contribution in [0.1, 0.15) is 16.8 Å². The summed E-state index contributed by atoms with van der Waals surface area (Å²) in [5, 5.41) is 0.290. The van der Waals surface area contributed by atoms with Crippen molar-refractivity contribution >= 4 is 11.8 Å². The van der Waals surface area contributed by atoms with E-state index < -0.39 is 0 Å². The van der Waals surface area contributed by atoms with Gasteiger partial charge in [0.25, 0.3) is 0 Å². The molecule has 0 aliphatic rings. The third-order valence-corrected chi connectivity index (χ3v) is 3.40. The first-order valence-corrected chi connectivity index (χ1v) is 6.21. The van der Waals surface area contributed by atoms with Gasteiger partial charge in [0.15, 0.2) is 0 Å². The quantitative estimate of drug-likeness (QED) is 0.807. The fraction of sp³-hybridized carbons (Fsp3) is 0.636.